The van der Waals surface area contributed by atoms with Crippen LogP contribution in [0.3, 0.4) is 0 Å². The van der Waals surface area contributed by atoms with Crippen LogP contribution in [-0.2, 0) is 26.6 Å². The highest BCUT2D eigenvalue weighted by Crippen LogP contribution is 2.36. The van der Waals surface area contributed by atoms with Crippen LogP contribution in [-0.4, -0.2) is 46.5 Å². The fourth-order valence-corrected chi connectivity index (χ4v) is 5.55. The summed E-state index contributed by atoms with van der Waals surface area (Å²) < 4.78 is 37.3. The van der Waals surface area contributed by atoms with Gasteiger partial charge in [-0.3, -0.25) is 4.79 Å². The molecular formula is C25H26N6O5S. The first kappa shape index (κ1) is 24.8. The number of sulfone groups is 1. The standard InChI is InChI=1S/C25H26N6O5S/c1-14-27-21(36-30-14)16-7-5-15(6-8-16)12-31-19-11-17(22-28-29-24(35-22)25(2,3)4)9-10-20(19)37(33,34)13-18(26)23(31)32/h5-11,18H,12-13,26H2,1-4H3/t18-/m0/s1. The van der Waals surface area contributed by atoms with Crippen LogP contribution >= 0.6 is 0 Å². The molecule has 0 radical (unpaired) electrons. The summed E-state index contributed by atoms with van der Waals surface area (Å²) in [7, 11) is -3.82. The molecule has 0 spiro atoms. The molecule has 2 N–H and O–H groups in total. The van der Waals surface area contributed by atoms with Crippen LogP contribution in [0.1, 0.15) is 38.0 Å². The van der Waals surface area contributed by atoms with Gasteiger partial charge in [0.25, 0.3) is 5.89 Å². The molecule has 1 aliphatic heterocycles. The second-order valence-corrected chi connectivity index (χ2v) is 12.0. The zero-order valence-electron chi connectivity index (χ0n) is 20.8. The number of aromatic nitrogens is 4. The topological polar surface area (TPSA) is 158 Å². The van der Waals surface area contributed by atoms with Crippen LogP contribution in [0.15, 0.2) is 56.3 Å². The van der Waals surface area contributed by atoms with E-state index in [2.05, 4.69) is 20.3 Å². The third-order valence-electron chi connectivity index (χ3n) is 5.95. The quantitative estimate of drug-likeness (QED) is 0.422. The lowest BCUT2D eigenvalue weighted by Gasteiger charge is -2.24. The SMILES string of the molecule is Cc1noc(-c2ccc(CN3C(=O)[C@@H](N)CS(=O)(=O)c4ccc(-c5nnc(C(C)(C)C)o5)cc43)cc2)n1. The van der Waals surface area contributed by atoms with Crippen molar-refractivity contribution in [1.82, 2.24) is 20.3 Å². The number of carbonyl (C=O) groups is 1. The van der Waals surface area contributed by atoms with Gasteiger partial charge >= 0.3 is 0 Å². The molecule has 3 heterocycles. The molecule has 0 aliphatic carbocycles. The predicted molar refractivity (Wildman–Crippen MR) is 134 cm³/mol. The van der Waals surface area contributed by atoms with Gasteiger partial charge in [0.15, 0.2) is 15.7 Å². The molecule has 2 aromatic carbocycles. The summed E-state index contributed by atoms with van der Waals surface area (Å²) in [5.41, 5.74) is 7.86. The summed E-state index contributed by atoms with van der Waals surface area (Å²) in [6.45, 7) is 7.66. The van der Waals surface area contributed by atoms with Gasteiger partial charge in [0.1, 0.15) is 0 Å². The third-order valence-corrected chi connectivity index (χ3v) is 7.76. The highest BCUT2D eigenvalue weighted by molar-refractivity contribution is 7.91. The Hall–Kier alpha value is -3.90. The first-order chi connectivity index (χ1) is 17.4. The van der Waals surface area contributed by atoms with Gasteiger partial charge in [-0.2, -0.15) is 4.98 Å². The third kappa shape index (κ3) is 4.77. The number of nitrogens with two attached hydrogens (primary N) is 1. The van der Waals surface area contributed by atoms with E-state index >= 15 is 0 Å². The average molecular weight is 523 g/mol. The molecule has 5 rings (SSSR count). The molecule has 1 atom stereocenters. The van der Waals surface area contributed by atoms with Gasteiger partial charge in [0, 0.05) is 16.5 Å². The van der Waals surface area contributed by atoms with Crippen molar-refractivity contribution in [3.63, 3.8) is 0 Å². The first-order valence-corrected chi connectivity index (χ1v) is 13.3. The van der Waals surface area contributed by atoms with E-state index in [1.165, 1.54) is 11.0 Å². The van der Waals surface area contributed by atoms with Crippen LogP contribution in [0.4, 0.5) is 5.69 Å². The average Bonchev–Trinajstić information content (AvgIpc) is 3.50. The number of hydrogen-bond acceptors (Lipinski definition) is 10. The predicted octanol–water partition coefficient (Wildman–Crippen LogP) is 3.04. The fraction of sp³-hybridized carbons (Fsp3) is 0.320. The van der Waals surface area contributed by atoms with Gasteiger partial charge < -0.3 is 19.6 Å². The zero-order chi connectivity index (χ0) is 26.5. The van der Waals surface area contributed by atoms with E-state index in [4.69, 9.17) is 14.7 Å². The van der Waals surface area contributed by atoms with Gasteiger partial charge in [-0.1, -0.05) is 38.1 Å². The van der Waals surface area contributed by atoms with Crippen molar-refractivity contribution in [2.75, 3.05) is 10.7 Å². The lowest BCUT2D eigenvalue weighted by atomic mass is 9.97. The van der Waals surface area contributed by atoms with E-state index in [1.54, 1.807) is 31.2 Å². The molecule has 12 heteroatoms. The Labute approximate surface area is 213 Å². The number of nitrogens with zero attached hydrogens (tertiary/aromatic N) is 5. The van der Waals surface area contributed by atoms with E-state index in [-0.39, 0.29) is 28.4 Å². The fourth-order valence-electron chi connectivity index (χ4n) is 4.00. The number of hydrogen-bond donors (Lipinski definition) is 1. The molecular weight excluding hydrogens is 496 g/mol. The molecule has 0 fully saturated rings. The monoisotopic (exact) mass is 522 g/mol. The van der Waals surface area contributed by atoms with Crippen molar-refractivity contribution in [1.29, 1.82) is 0 Å². The number of carbonyl (C=O) groups excluding carboxylic acids is 1. The highest BCUT2D eigenvalue weighted by atomic mass is 32.2. The lowest BCUT2D eigenvalue weighted by Crippen LogP contribution is -2.45. The maximum Gasteiger partial charge on any atom is 0.257 e. The number of rotatable bonds is 4. The van der Waals surface area contributed by atoms with Crippen molar-refractivity contribution < 1.29 is 22.2 Å². The largest absolute Gasteiger partial charge is 0.420 e. The number of benzene rings is 2. The molecule has 11 nitrogen and oxygen atoms in total. The van der Waals surface area contributed by atoms with Gasteiger partial charge in [-0.05, 0) is 42.8 Å². The van der Waals surface area contributed by atoms with Crippen LogP contribution in [0.2, 0.25) is 0 Å². The molecule has 0 saturated carbocycles. The maximum absolute atomic E-state index is 13.3. The molecule has 0 unspecified atom stereocenters. The van der Waals surface area contributed by atoms with E-state index in [1.807, 2.05) is 32.9 Å². The van der Waals surface area contributed by atoms with E-state index < -0.39 is 27.5 Å². The van der Waals surface area contributed by atoms with Gasteiger partial charge in [0.05, 0.1) is 28.9 Å². The molecule has 37 heavy (non-hydrogen) atoms. The number of fused-ring (bicyclic) bond motifs is 1. The first-order valence-electron chi connectivity index (χ1n) is 11.6. The van der Waals surface area contributed by atoms with Crippen molar-refractivity contribution in [2.24, 2.45) is 5.73 Å². The van der Waals surface area contributed by atoms with Crippen molar-refractivity contribution >= 4 is 21.4 Å². The van der Waals surface area contributed by atoms with Crippen molar-refractivity contribution in [3.05, 3.63) is 59.7 Å². The minimum Gasteiger partial charge on any atom is -0.420 e. The van der Waals surface area contributed by atoms with E-state index in [0.29, 0.717) is 23.2 Å². The Morgan fingerprint density at radius 2 is 1.76 bits per heavy atom. The second kappa shape index (κ2) is 8.89. The Morgan fingerprint density at radius 3 is 2.38 bits per heavy atom. The minimum absolute atomic E-state index is 0.0195. The summed E-state index contributed by atoms with van der Waals surface area (Å²) in [5, 5.41) is 12.0. The van der Waals surface area contributed by atoms with Crippen LogP contribution in [0, 0.1) is 6.92 Å². The molecule has 0 bridgehead atoms. The second-order valence-electron chi connectivity index (χ2n) is 10.0. The molecule has 2 aromatic heterocycles. The number of anilines is 1. The summed E-state index contributed by atoms with van der Waals surface area (Å²) >= 11 is 0. The minimum atomic E-state index is -3.82. The lowest BCUT2D eigenvalue weighted by molar-refractivity contribution is -0.119. The smallest absolute Gasteiger partial charge is 0.257 e. The summed E-state index contributed by atoms with van der Waals surface area (Å²) in [6.07, 6.45) is 0. The Kier molecular flexibility index (Phi) is 5.95. The van der Waals surface area contributed by atoms with Crippen LogP contribution < -0.4 is 10.6 Å². The Bertz CT molecular complexity index is 1580. The number of amides is 1. The summed E-state index contributed by atoms with van der Waals surface area (Å²) in [5.74, 6) is 0.581. The zero-order valence-corrected chi connectivity index (χ0v) is 21.6. The normalized spacial score (nSPS) is 17.5. The van der Waals surface area contributed by atoms with Gasteiger partial charge in [-0.15, -0.1) is 10.2 Å². The summed E-state index contributed by atoms with van der Waals surface area (Å²) in [6, 6.07) is 10.6. The Morgan fingerprint density at radius 1 is 1.05 bits per heavy atom. The molecule has 192 valence electrons. The number of aryl methyl sites for hydroxylation is 1. The van der Waals surface area contributed by atoms with Crippen molar-refractivity contribution in [3.8, 4) is 22.9 Å². The highest BCUT2D eigenvalue weighted by Gasteiger charge is 2.36. The maximum atomic E-state index is 13.3. The Balaban J connectivity index is 1.55. The van der Waals surface area contributed by atoms with Crippen LogP contribution in [0.25, 0.3) is 22.9 Å². The molecule has 1 amide bonds. The molecule has 0 saturated heterocycles. The molecule has 4 aromatic rings. The van der Waals surface area contributed by atoms with Crippen LogP contribution in [0.5, 0.6) is 0 Å². The molecule has 1 aliphatic rings. The van der Waals surface area contributed by atoms with E-state index in [0.717, 1.165) is 11.1 Å². The van der Waals surface area contributed by atoms with Gasteiger partial charge in [0.2, 0.25) is 17.7 Å². The van der Waals surface area contributed by atoms with E-state index in [9.17, 15) is 13.2 Å². The van der Waals surface area contributed by atoms with Gasteiger partial charge in [-0.25, -0.2) is 8.42 Å². The summed E-state index contributed by atoms with van der Waals surface area (Å²) in [4.78, 5) is 19.0. The van der Waals surface area contributed by atoms with Crippen molar-refractivity contribution in [2.45, 2.75) is 50.6 Å².